The van der Waals surface area contributed by atoms with Crippen molar-refractivity contribution in [3.05, 3.63) is 65.2 Å². The van der Waals surface area contributed by atoms with Gasteiger partial charge in [-0.2, -0.15) is 0 Å². The number of ether oxygens (including phenoxy) is 1. The van der Waals surface area contributed by atoms with Crippen LogP contribution < -0.4 is 21.7 Å². The minimum atomic E-state index is -1.07. The Labute approximate surface area is 214 Å². The smallest absolute Gasteiger partial charge is 0.253 e. The van der Waals surface area contributed by atoms with Crippen molar-refractivity contribution in [2.75, 3.05) is 13.2 Å². The van der Waals surface area contributed by atoms with Gasteiger partial charge in [0.2, 0.25) is 11.8 Å². The van der Waals surface area contributed by atoms with Gasteiger partial charge in [-0.05, 0) is 36.6 Å². The average molecular weight is 513 g/mol. The van der Waals surface area contributed by atoms with Crippen LogP contribution in [0.15, 0.2) is 48.5 Å². The van der Waals surface area contributed by atoms with E-state index in [0.29, 0.717) is 12.0 Å². The molecule has 0 aliphatic carbocycles. The predicted molar refractivity (Wildman–Crippen MR) is 133 cm³/mol. The number of nitrogens with two attached hydrogens (primary N) is 1. The molecule has 0 saturated carbocycles. The lowest BCUT2D eigenvalue weighted by Gasteiger charge is -2.22. The summed E-state index contributed by atoms with van der Waals surface area (Å²) in [7, 11) is 0. The summed E-state index contributed by atoms with van der Waals surface area (Å²) in [6, 6.07) is 11.4. The Morgan fingerprint density at radius 2 is 1.46 bits per heavy atom. The number of benzene rings is 2. The number of amides is 4. The molecule has 37 heavy (non-hydrogen) atoms. The number of hydrogen-bond donors (Lipinski definition) is 6. The lowest BCUT2D eigenvalue weighted by molar-refractivity contribution is -0.131. The van der Waals surface area contributed by atoms with Crippen molar-refractivity contribution in [3.63, 3.8) is 0 Å². The zero-order valence-corrected chi connectivity index (χ0v) is 20.5. The number of primary amides is 1. The fourth-order valence-electron chi connectivity index (χ4n) is 3.69. The summed E-state index contributed by atoms with van der Waals surface area (Å²) >= 11 is 0. The van der Waals surface area contributed by atoms with E-state index < -0.39 is 47.9 Å². The number of aromatic hydroxyl groups is 1. The maximum atomic E-state index is 13.2. The summed E-state index contributed by atoms with van der Waals surface area (Å²) in [5.41, 5.74) is 7.99. The standard InChI is InChI=1S/C26H32N4O7/c1-15-3-5-16(6-4-15)14-20(30-26(36)22-21(37-22)25(35)28-11-2-12-31)24(34)29-19(23(27)33)13-17-7-9-18(32)10-8-17/h3-10,19-22,31-32H,2,11-14H2,1H3,(H2,27,33)(H,28,35)(H,29,34)(H,30,36)/t19-,20-,21?,22?/m0/s1. The van der Waals surface area contributed by atoms with Crippen LogP contribution in [0.1, 0.15) is 23.1 Å². The summed E-state index contributed by atoms with van der Waals surface area (Å²) in [6.45, 7) is 2.09. The van der Waals surface area contributed by atoms with Crippen LogP contribution in [0.4, 0.5) is 0 Å². The Balaban J connectivity index is 1.68. The van der Waals surface area contributed by atoms with E-state index in [9.17, 15) is 24.3 Å². The van der Waals surface area contributed by atoms with Crippen LogP contribution in [-0.4, -0.2) is 71.3 Å². The molecule has 4 atom stereocenters. The molecular weight excluding hydrogens is 480 g/mol. The van der Waals surface area contributed by atoms with E-state index in [1.54, 1.807) is 12.1 Å². The molecule has 1 fully saturated rings. The first-order valence-corrected chi connectivity index (χ1v) is 12.0. The number of phenolic OH excluding ortho intramolecular Hbond substituents is 1. The van der Waals surface area contributed by atoms with Crippen molar-refractivity contribution in [1.29, 1.82) is 0 Å². The third-order valence-electron chi connectivity index (χ3n) is 5.87. The maximum Gasteiger partial charge on any atom is 0.253 e. The molecule has 7 N–H and O–H groups in total. The normalized spacial score (nSPS) is 17.8. The molecule has 3 rings (SSSR count). The van der Waals surface area contributed by atoms with Crippen LogP contribution in [0.3, 0.4) is 0 Å². The first kappa shape index (κ1) is 27.6. The van der Waals surface area contributed by atoms with E-state index in [4.69, 9.17) is 15.6 Å². The van der Waals surface area contributed by atoms with Crippen LogP contribution in [0.25, 0.3) is 0 Å². The van der Waals surface area contributed by atoms with Gasteiger partial charge < -0.3 is 36.6 Å². The number of nitrogens with one attached hydrogen (secondary N) is 3. The molecule has 0 aromatic heterocycles. The molecule has 0 spiro atoms. The highest BCUT2D eigenvalue weighted by Gasteiger charge is 2.50. The number of epoxide rings is 1. The number of carbonyl (C=O) groups is 4. The summed E-state index contributed by atoms with van der Waals surface area (Å²) in [5.74, 6) is -2.43. The van der Waals surface area contributed by atoms with E-state index in [1.807, 2.05) is 31.2 Å². The van der Waals surface area contributed by atoms with Gasteiger partial charge in [-0.25, -0.2) is 0 Å². The van der Waals surface area contributed by atoms with Crippen molar-refractivity contribution in [3.8, 4) is 5.75 Å². The van der Waals surface area contributed by atoms with Gasteiger partial charge in [0.25, 0.3) is 11.8 Å². The van der Waals surface area contributed by atoms with Gasteiger partial charge in [0.1, 0.15) is 17.8 Å². The molecule has 0 radical (unpaired) electrons. The number of hydrogen-bond acceptors (Lipinski definition) is 7. The third-order valence-corrected chi connectivity index (χ3v) is 5.87. The minimum Gasteiger partial charge on any atom is -0.508 e. The largest absolute Gasteiger partial charge is 0.508 e. The molecule has 1 aliphatic rings. The zero-order valence-electron chi connectivity index (χ0n) is 20.5. The van der Waals surface area contributed by atoms with Gasteiger partial charge >= 0.3 is 0 Å². The SMILES string of the molecule is Cc1ccc(C[C@H](NC(=O)C2OC2C(=O)NCCCO)C(=O)N[C@@H](Cc2ccc(O)cc2)C(N)=O)cc1. The highest BCUT2D eigenvalue weighted by molar-refractivity contribution is 5.97. The van der Waals surface area contributed by atoms with Gasteiger partial charge in [0, 0.05) is 26.0 Å². The van der Waals surface area contributed by atoms with Crippen molar-refractivity contribution in [2.24, 2.45) is 5.73 Å². The number of phenols is 1. The van der Waals surface area contributed by atoms with Crippen LogP contribution in [-0.2, 0) is 36.8 Å². The molecule has 1 aliphatic heterocycles. The van der Waals surface area contributed by atoms with Crippen LogP contribution >= 0.6 is 0 Å². The molecule has 11 nitrogen and oxygen atoms in total. The molecule has 0 bridgehead atoms. The first-order chi connectivity index (χ1) is 17.7. The molecule has 1 heterocycles. The second kappa shape index (κ2) is 12.8. The summed E-state index contributed by atoms with van der Waals surface area (Å²) in [4.78, 5) is 50.2. The molecular formula is C26H32N4O7. The lowest BCUT2D eigenvalue weighted by atomic mass is 10.0. The molecule has 198 valence electrons. The predicted octanol–water partition coefficient (Wildman–Crippen LogP) is -0.793. The molecule has 1 saturated heterocycles. The summed E-state index contributed by atoms with van der Waals surface area (Å²) in [5, 5.41) is 26.1. The van der Waals surface area contributed by atoms with E-state index in [1.165, 1.54) is 12.1 Å². The first-order valence-electron chi connectivity index (χ1n) is 12.0. The van der Waals surface area contributed by atoms with Crippen molar-refractivity contribution < 1.29 is 34.1 Å². The average Bonchev–Trinajstić information content (AvgIpc) is 3.67. The number of aryl methyl sites for hydroxylation is 1. The Hall–Kier alpha value is -3.96. The van der Waals surface area contributed by atoms with Gasteiger partial charge in [-0.3, -0.25) is 19.2 Å². The van der Waals surface area contributed by atoms with Crippen molar-refractivity contribution in [2.45, 2.75) is 50.5 Å². The number of rotatable bonds is 13. The highest BCUT2D eigenvalue weighted by Crippen LogP contribution is 2.23. The van der Waals surface area contributed by atoms with Crippen molar-refractivity contribution in [1.82, 2.24) is 16.0 Å². The number of aliphatic hydroxyl groups excluding tert-OH is 1. The quantitative estimate of drug-likeness (QED) is 0.150. The Morgan fingerprint density at radius 1 is 0.892 bits per heavy atom. The summed E-state index contributed by atoms with van der Waals surface area (Å²) < 4.78 is 5.21. The Bertz CT molecular complexity index is 1100. The summed E-state index contributed by atoms with van der Waals surface area (Å²) in [6.07, 6.45) is -1.43. The van der Waals surface area contributed by atoms with Crippen molar-refractivity contribution >= 4 is 23.6 Å². The van der Waals surface area contributed by atoms with Gasteiger partial charge in [-0.1, -0.05) is 42.0 Å². The van der Waals surface area contributed by atoms with E-state index in [0.717, 1.165) is 11.1 Å². The Kier molecular flexibility index (Phi) is 9.58. The Morgan fingerprint density at radius 3 is 2.05 bits per heavy atom. The molecule has 2 aromatic rings. The van der Waals surface area contributed by atoms with Crippen LogP contribution in [0.5, 0.6) is 5.75 Å². The van der Waals surface area contributed by atoms with Gasteiger partial charge in [0.05, 0.1) is 0 Å². The lowest BCUT2D eigenvalue weighted by Crippen LogP contribution is -2.55. The van der Waals surface area contributed by atoms with Crippen LogP contribution in [0, 0.1) is 6.92 Å². The minimum absolute atomic E-state index is 0.0620. The maximum absolute atomic E-state index is 13.2. The zero-order chi connectivity index (χ0) is 26.9. The van der Waals surface area contributed by atoms with Crippen LogP contribution in [0.2, 0.25) is 0 Å². The second-order valence-corrected chi connectivity index (χ2v) is 8.93. The fraction of sp³-hybridized carbons (Fsp3) is 0.385. The monoisotopic (exact) mass is 512 g/mol. The highest BCUT2D eigenvalue weighted by atomic mass is 16.6. The number of aliphatic hydroxyl groups is 1. The molecule has 2 unspecified atom stereocenters. The van der Waals surface area contributed by atoms with E-state index >= 15 is 0 Å². The van der Waals surface area contributed by atoms with Gasteiger partial charge in [-0.15, -0.1) is 0 Å². The van der Waals surface area contributed by atoms with Gasteiger partial charge in [0.15, 0.2) is 12.2 Å². The fourth-order valence-corrected chi connectivity index (χ4v) is 3.69. The number of carbonyl (C=O) groups excluding carboxylic acids is 4. The third kappa shape index (κ3) is 8.29. The second-order valence-electron chi connectivity index (χ2n) is 8.93. The van der Waals surface area contributed by atoms with E-state index in [2.05, 4.69) is 16.0 Å². The van der Waals surface area contributed by atoms with E-state index in [-0.39, 0.29) is 31.7 Å². The molecule has 11 heteroatoms. The topological polar surface area (TPSA) is 183 Å². The molecule has 4 amide bonds. The molecule has 2 aromatic carbocycles.